The average molecular weight is 391 g/mol. The molecule has 1 aliphatic heterocycles. The number of nitrogens with zero attached hydrogens (tertiary/aromatic N) is 4. The summed E-state index contributed by atoms with van der Waals surface area (Å²) in [7, 11) is 0. The van der Waals surface area contributed by atoms with Gasteiger partial charge in [-0.25, -0.2) is 4.98 Å². The van der Waals surface area contributed by atoms with E-state index < -0.39 is 30.0 Å². The summed E-state index contributed by atoms with van der Waals surface area (Å²) >= 11 is 0. The van der Waals surface area contributed by atoms with E-state index in [0.29, 0.717) is 12.8 Å². The Kier molecular flexibility index (Phi) is 5.49. The van der Waals surface area contributed by atoms with E-state index in [9.17, 15) is 14.3 Å². The van der Waals surface area contributed by atoms with Crippen molar-refractivity contribution in [2.24, 2.45) is 5.92 Å². The Bertz CT molecular complexity index is 923. The average Bonchev–Trinajstić information content (AvgIpc) is 3.22. The molecule has 0 aliphatic carbocycles. The molecule has 150 valence electrons. The van der Waals surface area contributed by atoms with Gasteiger partial charge in [-0.15, -0.1) is 6.42 Å². The molecule has 2 aromatic rings. The normalized spacial score (nSPS) is 24.6. The number of nitrogens with two attached hydrogens (primary N) is 1. The van der Waals surface area contributed by atoms with Crippen molar-refractivity contribution < 1.29 is 23.8 Å². The van der Waals surface area contributed by atoms with Crippen LogP contribution in [-0.2, 0) is 14.3 Å². The number of aliphatic hydroxyl groups is 1. The van der Waals surface area contributed by atoms with E-state index in [1.807, 2.05) is 13.8 Å². The number of terminal acetylenes is 1. The van der Waals surface area contributed by atoms with Gasteiger partial charge in [-0.3, -0.25) is 9.36 Å². The number of hydrogen-bond donors (Lipinski definition) is 2. The van der Waals surface area contributed by atoms with Gasteiger partial charge in [-0.1, -0.05) is 19.8 Å². The third kappa shape index (κ3) is 3.39. The van der Waals surface area contributed by atoms with Crippen LogP contribution in [-0.4, -0.2) is 48.9 Å². The van der Waals surface area contributed by atoms with Gasteiger partial charge in [0.1, 0.15) is 18.9 Å². The van der Waals surface area contributed by atoms with Crippen LogP contribution in [0.25, 0.3) is 11.2 Å². The van der Waals surface area contributed by atoms with Crippen molar-refractivity contribution in [2.45, 2.75) is 51.0 Å². The van der Waals surface area contributed by atoms with E-state index in [4.69, 9.17) is 21.6 Å². The van der Waals surface area contributed by atoms with E-state index in [1.54, 1.807) is 0 Å². The highest BCUT2D eigenvalue weighted by Crippen LogP contribution is 2.38. The molecule has 9 nitrogen and oxygen atoms in total. The molecule has 1 saturated heterocycles. The smallest absolute Gasteiger partial charge is 0.312 e. The molecule has 3 heterocycles. The first-order valence-corrected chi connectivity index (χ1v) is 9.01. The zero-order chi connectivity index (χ0) is 20.5. The zero-order valence-electron chi connectivity index (χ0n) is 15.6. The minimum atomic E-state index is -1.53. The minimum Gasteiger partial charge on any atom is -0.461 e. The van der Waals surface area contributed by atoms with Crippen molar-refractivity contribution in [3.8, 4) is 12.3 Å². The van der Waals surface area contributed by atoms with E-state index >= 15 is 0 Å². The number of carbonyl (C=O) groups excluding carboxylic acids is 1. The molecule has 3 atom stereocenters. The largest absolute Gasteiger partial charge is 0.461 e. The molecule has 0 bridgehead atoms. The van der Waals surface area contributed by atoms with Gasteiger partial charge in [-0.05, 0) is 12.8 Å². The topological polar surface area (TPSA) is 125 Å². The predicted molar refractivity (Wildman–Crippen MR) is 97.0 cm³/mol. The van der Waals surface area contributed by atoms with Crippen LogP contribution < -0.4 is 5.73 Å². The second-order valence-corrected chi connectivity index (χ2v) is 6.68. The van der Waals surface area contributed by atoms with Gasteiger partial charge >= 0.3 is 12.0 Å². The van der Waals surface area contributed by atoms with Crippen molar-refractivity contribution in [1.29, 1.82) is 0 Å². The van der Waals surface area contributed by atoms with Gasteiger partial charge < -0.3 is 20.3 Å². The number of fused-ring (bicyclic) bond motifs is 1. The first-order chi connectivity index (χ1) is 13.3. The number of esters is 1. The van der Waals surface area contributed by atoms with E-state index in [0.717, 1.165) is 0 Å². The lowest BCUT2D eigenvalue weighted by Crippen LogP contribution is -2.43. The fraction of sp³-hybridized carbons (Fsp3) is 0.556. The van der Waals surface area contributed by atoms with Crippen molar-refractivity contribution in [1.82, 2.24) is 19.5 Å². The molecule has 0 amide bonds. The fourth-order valence-corrected chi connectivity index (χ4v) is 3.26. The summed E-state index contributed by atoms with van der Waals surface area (Å²) in [5.41, 5.74) is 4.46. The van der Waals surface area contributed by atoms with Gasteiger partial charge in [0.25, 0.3) is 0 Å². The molecule has 2 aromatic heterocycles. The zero-order valence-corrected chi connectivity index (χ0v) is 15.6. The number of aliphatic hydroxyl groups excluding tert-OH is 1. The van der Waals surface area contributed by atoms with E-state index in [1.165, 1.54) is 10.9 Å². The fourth-order valence-electron chi connectivity index (χ4n) is 3.26. The van der Waals surface area contributed by atoms with Crippen LogP contribution in [0.2, 0.25) is 0 Å². The van der Waals surface area contributed by atoms with Gasteiger partial charge in [-0.2, -0.15) is 14.4 Å². The number of anilines is 1. The lowest BCUT2D eigenvalue weighted by atomic mass is 9.98. The standard InChI is InChI=1S/C18H22FN5O4/c1-4-10(5-2)16(26)27-8-18(6-3)11(25)7-12(28-18)24-9-21-13-14(20)22-17(19)23-15(13)24/h3,9-12,25H,4-5,7-8H2,1-2H3,(H2,20,22,23)/t11-,12+,18+/m0/s1. The maximum atomic E-state index is 13.6. The number of aromatic nitrogens is 4. The summed E-state index contributed by atoms with van der Waals surface area (Å²) in [4.78, 5) is 23.4. The molecule has 0 unspecified atom stereocenters. The van der Waals surface area contributed by atoms with Crippen LogP contribution in [0, 0.1) is 24.3 Å². The highest BCUT2D eigenvalue weighted by Gasteiger charge is 2.49. The Hall–Kier alpha value is -2.77. The summed E-state index contributed by atoms with van der Waals surface area (Å²) in [5.74, 6) is 1.66. The number of rotatable bonds is 6. The maximum Gasteiger partial charge on any atom is 0.312 e. The van der Waals surface area contributed by atoms with Gasteiger partial charge in [0.15, 0.2) is 22.6 Å². The third-order valence-corrected chi connectivity index (χ3v) is 5.03. The molecule has 3 rings (SSSR count). The number of halogens is 1. The predicted octanol–water partition coefficient (Wildman–Crippen LogP) is 1.18. The van der Waals surface area contributed by atoms with E-state index in [2.05, 4.69) is 20.9 Å². The molecule has 0 radical (unpaired) electrons. The summed E-state index contributed by atoms with van der Waals surface area (Å²) in [6, 6.07) is 0. The molecule has 0 spiro atoms. The minimum absolute atomic E-state index is 0.0731. The quantitative estimate of drug-likeness (QED) is 0.427. The second kappa shape index (κ2) is 7.69. The Balaban J connectivity index is 1.83. The number of carbonyl (C=O) groups is 1. The van der Waals surface area contributed by atoms with Gasteiger partial charge in [0.05, 0.1) is 12.2 Å². The lowest BCUT2D eigenvalue weighted by molar-refractivity contribution is -0.161. The van der Waals surface area contributed by atoms with Crippen LogP contribution in [0.3, 0.4) is 0 Å². The Morgan fingerprint density at radius 2 is 2.29 bits per heavy atom. The Labute approximate surface area is 161 Å². The molecule has 3 N–H and O–H groups in total. The molecule has 0 aromatic carbocycles. The number of ether oxygens (including phenoxy) is 2. The number of nitrogen functional groups attached to an aromatic ring is 1. The molecule has 1 fully saturated rings. The Morgan fingerprint density at radius 3 is 2.93 bits per heavy atom. The van der Waals surface area contributed by atoms with Crippen molar-refractivity contribution in [3.05, 3.63) is 12.4 Å². The first kappa shape index (κ1) is 20.0. The molecular weight excluding hydrogens is 369 g/mol. The molecule has 10 heteroatoms. The van der Waals surface area contributed by atoms with Crippen LogP contribution >= 0.6 is 0 Å². The van der Waals surface area contributed by atoms with Gasteiger partial charge in [0, 0.05) is 6.42 Å². The summed E-state index contributed by atoms with van der Waals surface area (Å²) < 4.78 is 26.2. The Morgan fingerprint density at radius 1 is 1.57 bits per heavy atom. The SMILES string of the molecule is C#C[C@]1(COC(=O)C(CC)CC)O[C@@H](n2cnc3c(N)nc(F)nc32)C[C@@H]1O. The second-order valence-electron chi connectivity index (χ2n) is 6.68. The first-order valence-electron chi connectivity index (χ1n) is 9.01. The monoisotopic (exact) mass is 391 g/mol. The maximum absolute atomic E-state index is 13.6. The van der Waals surface area contributed by atoms with E-state index in [-0.39, 0.29) is 35.9 Å². The lowest BCUT2D eigenvalue weighted by Gasteiger charge is -2.27. The molecule has 0 saturated carbocycles. The summed E-state index contributed by atoms with van der Waals surface area (Å²) in [6.45, 7) is 3.48. The summed E-state index contributed by atoms with van der Waals surface area (Å²) in [6.07, 6.45) is 5.40. The van der Waals surface area contributed by atoms with Crippen molar-refractivity contribution in [2.75, 3.05) is 12.3 Å². The molecular formula is C18H22FN5O4. The highest BCUT2D eigenvalue weighted by atomic mass is 19.1. The third-order valence-electron chi connectivity index (χ3n) is 5.03. The van der Waals surface area contributed by atoms with Crippen LogP contribution in [0.15, 0.2) is 6.33 Å². The van der Waals surface area contributed by atoms with Crippen LogP contribution in [0.4, 0.5) is 10.2 Å². The number of hydrogen-bond acceptors (Lipinski definition) is 8. The van der Waals surface area contributed by atoms with Gasteiger partial charge in [0.2, 0.25) is 0 Å². The van der Waals surface area contributed by atoms with Crippen LogP contribution in [0.5, 0.6) is 0 Å². The highest BCUT2D eigenvalue weighted by molar-refractivity contribution is 5.81. The summed E-state index contributed by atoms with van der Waals surface area (Å²) in [5, 5.41) is 10.5. The molecule has 1 aliphatic rings. The molecule has 28 heavy (non-hydrogen) atoms. The van der Waals surface area contributed by atoms with Crippen molar-refractivity contribution in [3.63, 3.8) is 0 Å². The van der Waals surface area contributed by atoms with Crippen LogP contribution in [0.1, 0.15) is 39.3 Å². The number of imidazole rings is 1. The van der Waals surface area contributed by atoms with Crippen molar-refractivity contribution >= 4 is 23.0 Å².